The number of aryl methyl sites for hydroxylation is 1. The first-order valence-corrected chi connectivity index (χ1v) is 8.17. The molecule has 1 aromatic heterocycles. The molecular formula is C15H22F3N5O. The molecule has 2 saturated heterocycles. The van der Waals surface area contributed by atoms with Crippen LogP contribution in [-0.2, 0) is 24.5 Å². The third-order valence-corrected chi connectivity index (χ3v) is 4.35. The van der Waals surface area contributed by atoms with E-state index in [1.807, 2.05) is 6.92 Å². The number of nitrogens with zero attached hydrogens (tertiary/aromatic N) is 3. The predicted octanol–water partition coefficient (Wildman–Crippen LogP) is 1.81. The van der Waals surface area contributed by atoms with Crippen molar-refractivity contribution < 1.29 is 17.9 Å². The monoisotopic (exact) mass is 345 g/mol. The Morgan fingerprint density at radius 1 is 1.46 bits per heavy atom. The molecule has 0 saturated carbocycles. The standard InChI is InChI=1S/C15H22F3N5O/c1-3-19-14(21-11-6-10-4-5-12(11)24-10)20-7-9-8-23(2)22-13(9)15(16,17)18/h8,10-12H,3-7H2,1-2H3,(H2,19,20,21). The second kappa shape index (κ2) is 6.62. The molecule has 9 heteroatoms. The first-order valence-electron chi connectivity index (χ1n) is 8.17. The molecule has 6 nitrogen and oxygen atoms in total. The molecule has 2 N–H and O–H groups in total. The van der Waals surface area contributed by atoms with Gasteiger partial charge in [0.2, 0.25) is 0 Å². The van der Waals surface area contributed by atoms with Gasteiger partial charge in [-0.2, -0.15) is 18.3 Å². The van der Waals surface area contributed by atoms with E-state index in [0.717, 1.165) is 23.9 Å². The van der Waals surface area contributed by atoms with Gasteiger partial charge in [0.15, 0.2) is 11.7 Å². The molecule has 24 heavy (non-hydrogen) atoms. The zero-order valence-electron chi connectivity index (χ0n) is 13.7. The first kappa shape index (κ1) is 17.1. The van der Waals surface area contributed by atoms with Gasteiger partial charge in [0, 0.05) is 25.4 Å². The minimum atomic E-state index is -4.48. The van der Waals surface area contributed by atoms with Crippen LogP contribution in [0.1, 0.15) is 37.4 Å². The summed E-state index contributed by atoms with van der Waals surface area (Å²) >= 11 is 0. The second-order valence-corrected chi connectivity index (χ2v) is 6.23. The van der Waals surface area contributed by atoms with Gasteiger partial charge < -0.3 is 15.4 Å². The number of nitrogens with one attached hydrogen (secondary N) is 2. The Balaban J connectivity index is 1.70. The summed E-state index contributed by atoms with van der Waals surface area (Å²) in [6.45, 7) is 2.46. The number of hydrogen-bond acceptors (Lipinski definition) is 3. The molecule has 3 unspecified atom stereocenters. The first-order chi connectivity index (χ1) is 11.4. The molecule has 134 valence electrons. The number of halogens is 3. The van der Waals surface area contributed by atoms with E-state index < -0.39 is 11.9 Å². The largest absolute Gasteiger partial charge is 0.435 e. The molecule has 0 amide bonds. The smallest absolute Gasteiger partial charge is 0.373 e. The Kier molecular flexibility index (Phi) is 4.71. The summed E-state index contributed by atoms with van der Waals surface area (Å²) in [6, 6.07) is 0.164. The van der Waals surface area contributed by atoms with Gasteiger partial charge in [0.05, 0.1) is 24.8 Å². The molecule has 2 bridgehead atoms. The number of hydrogen-bond donors (Lipinski definition) is 2. The SMILES string of the molecule is CCNC(=NCc1cn(C)nc1C(F)(F)F)NC1CC2CCC1O2. The highest BCUT2D eigenvalue weighted by Gasteiger charge is 2.41. The molecule has 0 aromatic carbocycles. The van der Waals surface area contributed by atoms with Crippen molar-refractivity contribution in [3.05, 3.63) is 17.5 Å². The van der Waals surface area contributed by atoms with E-state index in [-0.39, 0.29) is 24.3 Å². The van der Waals surface area contributed by atoms with Gasteiger partial charge in [-0.3, -0.25) is 4.68 Å². The maximum atomic E-state index is 13.0. The minimum Gasteiger partial charge on any atom is -0.373 e. The Hall–Kier alpha value is -1.77. The molecule has 0 aliphatic carbocycles. The molecule has 1 aromatic rings. The maximum absolute atomic E-state index is 13.0. The lowest BCUT2D eigenvalue weighted by Crippen LogP contribution is -2.47. The Morgan fingerprint density at radius 3 is 2.83 bits per heavy atom. The van der Waals surface area contributed by atoms with Crippen molar-refractivity contribution in [2.45, 2.75) is 57.2 Å². The topological polar surface area (TPSA) is 63.5 Å². The van der Waals surface area contributed by atoms with E-state index in [1.165, 1.54) is 13.2 Å². The lowest BCUT2D eigenvalue weighted by Gasteiger charge is -2.22. The lowest BCUT2D eigenvalue weighted by atomic mass is 9.96. The summed E-state index contributed by atoms with van der Waals surface area (Å²) in [5, 5.41) is 9.87. The molecule has 2 aliphatic heterocycles. The lowest BCUT2D eigenvalue weighted by molar-refractivity contribution is -0.142. The second-order valence-electron chi connectivity index (χ2n) is 6.23. The Bertz CT molecular complexity index is 613. The van der Waals surface area contributed by atoms with Gasteiger partial charge in [0.25, 0.3) is 0 Å². The number of guanidine groups is 1. The molecule has 3 rings (SSSR count). The van der Waals surface area contributed by atoms with Crippen LogP contribution in [0.15, 0.2) is 11.2 Å². The highest BCUT2D eigenvalue weighted by molar-refractivity contribution is 5.80. The number of aliphatic imine (C=N–C) groups is 1. The quantitative estimate of drug-likeness (QED) is 0.645. The van der Waals surface area contributed by atoms with E-state index in [2.05, 4.69) is 20.7 Å². The average molecular weight is 345 g/mol. The van der Waals surface area contributed by atoms with Gasteiger partial charge in [0.1, 0.15) is 0 Å². The Labute approximate surface area is 138 Å². The van der Waals surface area contributed by atoms with Gasteiger partial charge in [-0.05, 0) is 26.2 Å². The van der Waals surface area contributed by atoms with Crippen LogP contribution >= 0.6 is 0 Å². The summed E-state index contributed by atoms with van der Waals surface area (Å²) in [4.78, 5) is 4.30. The zero-order chi connectivity index (χ0) is 17.3. The molecule has 2 aliphatic rings. The van der Waals surface area contributed by atoms with Gasteiger partial charge >= 0.3 is 6.18 Å². The van der Waals surface area contributed by atoms with E-state index in [4.69, 9.17) is 4.74 Å². The van der Waals surface area contributed by atoms with E-state index in [1.54, 1.807) is 0 Å². The third-order valence-electron chi connectivity index (χ3n) is 4.35. The van der Waals surface area contributed by atoms with Crippen LogP contribution in [0, 0.1) is 0 Å². The summed E-state index contributed by atoms with van der Waals surface area (Å²) in [5.74, 6) is 0.510. The van der Waals surface area contributed by atoms with Crippen LogP contribution in [0.5, 0.6) is 0 Å². The van der Waals surface area contributed by atoms with Crippen molar-refractivity contribution in [3.8, 4) is 0 Å². The highest BCUT2D eigenvalue weighted by atomic mass is 19.4. The summed E-state index contributed by atoms with van der Waals surface area (Å²) in [5.41, 5.74) is -0.820. The van der Waals surface area contributed by atoms with Crippen LogP contribution in [0.2, 0.25) is 0 Å². The molecule has 2 fully saturated rings. The van der Waals surface area contributed by atoms with Crippen molar-refractivity contribution in [1.82, 2.24) is 20.4 Å². The van der Waals surface area contributed by atoms with Crippen molar-refractivity contribution in [3.63, 3.8) is 0 Å². The van der Waals surface area contributed by atoms with Crippen molar-refractivity contribution in [1.29, 1.82) is 0 Å². The molecule has 0 spiro atoms. The van der Waals surface area contributed by atoms with E-state index >= 15 is 0 Å². The number of rotatable bonds is 4. The highest BCUT2D eigenvalue weighted by Crippen LogP contribution is 2.34. The van der Waals surface area contributed by atoms with Crippen LogP contribution < -0.4 is 10.6 Å². The van der Waals surface area contributed by atoms with Crippen LogP contribution in [0.3, 0.4) is 0 Å². The molecule has 3 heterocycles. The van der Waals surface area contributed by atoms with Crippen LogP contribution in [0.25, 0.3) is 0 Å². The Morgan fingerprint density at radius 2 is 2.25 bits per heavy atom. The molecular weight excluding hydrogens is 323 g/mol. The van der Waals surface area contributed by atoms with E-state index in [0.29, 0.717) is 18.6 Å². The maximum Gasteiger partial charge on any atom is 0.435 e. The molecule has 3 atom stereocenters. The number of alkyl halides is 3. The van der Waals surface area contributed by atoms with E-state index in [9.17, 15) is 13.2 Å². The third kappa shape index (κ3) is 3.66. The fraction of sp³-hybridized carbons (Fsp3) is 0.733. The minimum absolute atomic E-state index is 0.0615. The number of fused-ring (bicyclic) bond motifs is 2. The fourth-order valence-electron chi connectivity index (χ4n) is 3.34. The fourth-order valence-corrected chi connectivity index (χ4v) is 3.34. The molecule has 0 radical (unpaired) electrons. The van der Waals surface area contributed by atoms with Crippen molar-refractivity contribution in [2.24, 2.45) is 12.0 Å². The number of ether oxygens (including phenoxy) is 1. The van der Waals surface area contributed by atoms with Crippen molar-refractivity contribution >= 4 is 5.96 Å². The summed E-state index contributed by atoms with van der Waals surface area (Å²) in [7, 11) is 1.47. The van der Waals surface area contributed by atoms with Gasteiger partial charge in [-0.1, -0.05) is 0 Å². The van der Waals surface area contributed by atoms with Gasteiger partial charge in [-0.15, -0.1) is 0 Å². The van der Waals surface area contributed by atoms with Gasteiger partial charge in [-0.25, -0.2) is 4.99 Å². The van der Waals surface area contributed by atoms with Crippen LogP contribution in [-0.4, -0.2) is 40.5 Å². The summed E-state index contributed by atoms with van der Waals surface area (Å²) in [6.07, 6.45) is 0.361. The van der Waals surface area contributed by atoms with Crippen molar-refractivity contribution in [2.75, 3.05) is 6.54 Å². The normalized spacial score (nSPS) is 26.9. The van der Waals surface area contributed by atoms with Crippen LogP contribution in [0.4, 0.5) is 13.2 Å². The summed E-state index contributed by atoms with van der Waals surface area (Å²) < 4.78 is 45.9. The number of aromatic nitrogens is 2. The zero-order valence-corrected chi connectivity index (χ0v) is 13.7. The average Bonchev–Trinajstić information content (AvgIpc) is 3.19. The predicted molar refractivity (Wildman–Crippen MR) is 82.5 cm³/mol.